The van der Waals surface area contributed by atoms with Crippen LogP contribution in [0, 0.1) is 0 Å². The summed E-state index contributed by atoms with van der Waals surface area (Å²) in [5.41, 5.74) is 0.755. The van der Waals surface area contributed by atoms with Gasteiger partial charge in [-0.3, -0.25) is 4.99 Å². The van der Waals surface area contributed by atoms with Crippen molar-refractivity contribution in [1.29, 1.82) is 0 Å². The van der Waals surface area contributed by atoms with E-state index in [9.17, 15) is 4.79 Å². The topological polar surface area (TPSA) is 84.0 Å². The first-order chi connectivity index (χ1) is 13.4. The van der Waals surface area contributed by atoms with Gasteiger partial charge in [0.15, 0.2) is 5.96 Å². The first-order valence-corrected chi connectivity index (χ1v) is 10.1. The van der Waals surface area contributed by atoms with Crippen molar-refractivity contribution in [3.05, 3.63) is 29.8 Å². The van der Waals surface area contributed by atoms with E-state index in [2.05, 4.69) is 22.0 Å². The zero-order chi connectivity index (χ0) is 20.4. The van der Waals surface area contributed by atoms with Crippen molar-refractivity contribution >= 4 is 12.1 Å². The fraction of sp³-hybridized carbons (Fsp3) is 0.619. The molecule has 156 valence electrons. The number of para-hydroxylation sites is 1. The Hall–Kier alpha value is -2.44. The lowest BCUT2D eigenvalue weighted by Gasteiger charge is -2.25. The van der Waals surface area contributed by atoms with Crippen LogP contribution in [0.15, 0.2) is 29.3 Å². The Morgan fingerprint density at radius 3 is 2.71 bits per heavy atom. The number of amides is 1. The van der Waals surface area contributed by atoms with Crippen LogP contribution in [0.2, 0.25) is 0 Å². The van der Waals surface area contributed by atoms with E-state index in [0.717, 1.165) is 37.7 Å². The Kier molecular flexibility index (Phi) is 8.42. The van der Waals surface area contributed by atoms with Gasteiger partial charge in [0.05, 0.1) is 6.61 Å². The number of alkyl carbamates (subject to hydrolysis) is 1. The number of carbonyl (C=O) groups is 1. The second-order valence-corrected chi connectivity index (χ2v) is 7.80. The maximum absolute atomic E-state index is 11.6. The van der Waals surface area contributed by atoms with Crippen LogP contribution in [0.4, 0.5) is 4.79 Å². The molecule has 3 N–H and O–H groups in total. The fourth-order valence-electron chi connectivity index (χ4n) is 2.95. The molecule has 0 aliphatic carbocycles. The second kappa shape index (κ2) is 10.8. The number of aliphatic imine (C=N–C) groups is 1. The minimum Gasteiger partial charge on any atom is -0.493 e. The molecule has 1 aliphatic rings. The summed E-state index contributed by atoms with van der Waals surface area (Å²) < 4.78 is 10.9. The molecule has 1 atom stereocenters. The largest absolute Gasteiger partial charge is 0.493 e. The normalized spacial score (nSPS) is 16.6. The molecular formula is C21H34N4O3. The van der Waals surface area contributed by atoms with Gasteiger partial charge in [-0.15, -0.1) is 0 Å². The summed E-state index contributed by atoms with van der Waals surface area (Å²) in [4.78, 5) is 16.4. The van der Waals surface area contributed by atoms with Crippen molar-refractivity contribution in [3.8, 4) is 5.75 Å². The summed E-state index contributed by atoms with van der Waals surface area (Å²) in [5.74, 6) is 2.14. The average molecular weight is 391 g/mol. The van der Waals surface area contributed by atoms with Crippen molar-refractivity contribution in [2.75, 3.05) is 32.8 Å². The number of benzene rings is 1. The summed E-state index contributed by atoms with van der Waals surface area (Å²) in [6.45, 7) is 11.1. The predicted octanol–water partition coefficient (Wildman–Crippen LogP) is 3.02. The molecule has 0 saturated carbocycles. The van der Waals surface area contributed by atoms with Gasteiger partial charge in [-0.05, 0) is 52.2 Å². The number of carbonyl (C=O) groups excluding carboxylic acids is 1. The zero-order valence-corrected chi connectivity index (χ0v) is 17.5. The van der Waals surface area contributed by atoms with Gasteiger partial charge in [-0.25, -0.2) is 4.79 Å². The van der Waals surface area contributed by atoms with Crippen molar-refractivity contribution in [2.45, 2.75) is 52.1 Å². The number of ether oxygens (including phenoxy) is 2. The molecule has 0 saturated heterocycles. The molecule has 1 aromatic carbocycles. The Morgan fingerprint density at radius 2 is 1.96 bits per heavy atom. The van der Waals surface area contributed by atoms with E-state index in [1.165, 1.54) is 5.56 Å². The number of rotatable bonds is 7. The minimum atomic E-state index is -0.476. The van der Waals surface area contributed by atoms with Gasteiger partial charge in [0.1, 0.15) is 11.4 Å². The SMILES string of the molecule is CCNC(=NCC1CCOc2ccccc21)NCCCNC(=O)OC(C)(C)C. The standard InChI is InChI=1S/C21H34N4O3/c1-5-22-19(23-12-8-13-24-20(26)28-21(2,3)4)25-15-16-11-14-27-18-10-7-6-9-17(16)18/h6-7,9-10,16H,5,8,11-15H2,1-4H3,(H,24,26)(H2,22,23,25). The summed E-state index contributed by atoms with van der Waals surface area (Å²) in [6, 6.07) is 8.19. The van der Waals surface area contributed by atoms with Gasteiger partial charge in [0.25, 0.3) is 0 Å². The minimum absolute atomic E-state index is 0.370. The fourth-order valence-corrected chi connectivity index (χ4v) is 2.95. The van der Waals surface area contributed by atoms with E-state index in [4.69, 9.17) is 14.5 Å². The molecule has 1 heterocycles. The third kappa shape index (κ3) is 7.66. The number of fused-ring (bicyclic) bond motifs is 1. The number of nitrogens with zero attached hydrogens (tertiary/aromatic N) is 1. The molecule has 7 heteroatoms. The Bertz CT molecular complexity index is 655. The second-order valence-electron chi connectivity index (χ2n) is 7.80. The molecule has 1 aromatic rings. The van der Waals surface area contributed by atoms with Gasteiger partial charge in [-0.2, -0.15) is 0 Å². The van der Waals surface area contributed by atoms with E-state index in [1.807, 2.05) is 45.9 Å². The number of guanidine groups is 1. The van der Waals surface area contributed by atoms with Gasteiger partial charge >= 0.3 is 6.09 Å². The third-order valence-corrected chi connectivity index (χ3v) is 4.21. The number of nitrogens with one attached hydrogen (secondary N) is 3. The van der Waals surface area contributed by atoms with Crippen LogP contribution in [0.25, 0.3) is 0 Å². The van der Waals surface area contributed by atoms with E-state index >= 15 is 0 Å². The van der Waals surface area contributed by atoms with Gasteiger partial charge in [0.2, 0.25) is 0 Å². The van der Waals surface area contributed by atoms with Crippen LogP contribution in [0.1, 0.15) is 52.0 Å². The van der Waals surface area contributed by atoms with Crippen LogP contribution in [-0.4, -0.2) is 50.4 Å². The van der Waals surface area contributed by atoms with Crippen molar-refractivity contribution in [1.82, 2.24) is 16.0 Å². The highest BCUT2D eigenvalue weighted by Crippen LogP contribution is 2.33. The first-order valence-electron chi connectivity index (χ1n) is 10.1. The van der Waals surface area contributed by atoms with Gasteiger partial charge in [-0.1, -0.05) is 18.2 Å². The molecule has 0 spiro atoms. The monoisotopic (exact) mass is 390 g/mol. The molecule has 1 amide bonds. The molecule has 1 aliphatic heterocycles. The van der Waals surface area contributed by atoms with E-state index in [1.54, 1.807) is 0 Å². The summed E-state index contributed by atoms with van der Waals surface area (Å²) in [6.07, 6.45) is 1.37. The molecule has 2 rings (SSSR count). The highest BCUT2D eigenvalue weighted by atomic mass is 16.6. The molecule has 0 radical (unpaired) electrons. The van der Waals surface area contributed by atoms with Gasteiger partial charge < -0.3 is 25.4 Å². The lowest BCUT2D eigenvalue weighted by atomic mass is 9.93. The van der Waals surface area contributed by atoms with Crippen molar-refractivity contribution < 1.29 is 14.3 Å². The van der Waals surface area contributed by atoms with Gasteiger partial charge in [0, 0.05) is 32.1 Å². The molecule has 0 aromatic heterocycles. The molecule has 7 nitrogen and oxygen atoms in total. The quantitative estimate of drug-likeness (QED) is 0.379. The molecule has 28 heavy (non-hydrogen) atoms. The predicted molar refractivity (Wildman–Crippen MR) is 112 cm³/mol. The molecular weight excluding hydrogens is 356 g/mol. The van der Waals surface area contributed by atoms with E-state index < -0.39 is 5.60 Å². The maximum Gasteiger partial charge on any atom is 0.407 e. The van der Waals surface area contributed by atoms with Crippen molar-refractivity contribution in [2.24, 2.45) is 4.99 Å². The zero-order valence-electron chi connectivity index (χ0n) is 17.5. The molecule has 0 bridgehead atoms. The average Bonchev–Trinajstić information content (AvgIpc) is 2.64. The van der Waals surface area contributed by atoms with Crippen LogP contribution < -0.4 is 20.7 Å². The van der Waals surface area contributed by atoms with Crippen LogP contribution >= 0.6 is 0 Å². The maximum atomic E-state index is 11.6. The van der Waals surface area contributed by atoms with Crippen LogP contribution in [-0.2, 0) is 4.74 Å². The van der Waals surface area contributed by atoms with Crippen LogP contribution in [0.3, 0.4) is 0 Å². The molecule has 0 fully saturated rings. The van der Waals surface area contributed by atoms with Crippen LogP contribution in [0.5, 0.6) is 5.75 Å². The Labute approximate surface area is 168 Å². The van der Waals surface area contributed by atoms with E-state index in [0.29, 0.717) is 25.6 Å². The smallest absolute Gasteiger partial charge is 0.407 e. The molecule has 1 unspecified atom stereocenters. The summed E-state index contributed by atoms with van der Waals surface area (Å²) in [7, 11) is 0. The lowest BCUT2D eigenvalue weighted by molar-refractivity contribution is 0.0527. The van der Waals surface area contributed by atoms with Crippen molar-refractivity contribution in [3.63, 3.8) is 0 Å². The lowest BCUT2D eigenvalue weighted by Crippen LogP contribution is -2.39. The Balaban J connectivity index is 1.76. The number of hydrogen-bond acceptors (Lipinski definition) is 4. The highest BCUT2D eigenvalue weighted by molar-refractivity contribution is 5.79. The number of hydrogen-bond donors (Lipinski definition) is 3. The third-order valence-electron chi connectivity index (χ3n) is 4.21. The highest BCUT2D eigenvalue weighted by Gasteiger charge is 2.20. The summed E-state index contributed by atoms with van der Waals surface area (Å²) in [5, 5.41) is 9.36. The van der Waals surface area contributed by atoms with E-state index in [-0.39, 0.29) is 6.09 Å². The Morgan fingerprint density at radius 1 is 1.21 bits per heavy atom. The first kappa shape index (κ1) is 21.9. The summed E-state index contributed by atoms with van der Waals surface area (Å²) >= 11 is 0.